The van der Waals surface area contributed by atoms with Gasteiger partial charge in [0.1, 0.15) is 5.75 Å². The molecule has 0 aromatic heterocycles. The molecular formula is C18H16N2O4. The van der Waals surface area contributed by atoms with Crippen LogP contribution in [0.15, 0.2) is 42.5 Å². The van der Waals surface area contributed by atoms with Gasteiger partial charge in [0, 0.05) is 11.3 Å². The Bertz CT molecular complexity index is 830. The summed E-state index contributed by atoms with van der Waals surface area (Å²) in [6.07, 6.45) is 0.881. The van der Waals surface area contributed by atoms with Crippen LogP contribution in [0.4, 0.5) is 5.69 Å². The van der Waals surface area contributed by atoms with Crippen LogP contribution in [0.5, 0.6) is 5.75 Å². The average Bonchev–Trinajstić information content (AvgIpc) is 2.87. The molecule has 1 aliphatic heterocycles. The Morgan fingerprint density at radius 3 is 2.67 bits per heavy atom. The lowest BCUT2D eigenvalue weighted by molar-refractivity contribution is 0.0878. The average molecular weight is 324 g/mol. The van der Waals surface area contributed by atoms with Crippen molar-refractivity contribution in [2.75, 3.05) is 11.9 Å². The first-order valence-electron chi connectivity index (χ1n) is 7.62. The molecule has 0 aliphatic carbocycles. The summed E-state index contributed by atoms with van der Waals surface area (Å²) >= 11 is 0. The molecule has 2 aromatic rings. The van der Waals surface area contributed by atoms with Gasteiger partial charge in [-0.25, -0.2) is 0 Å². The highest BCUT2D eigenvalue weighted by atomic mass is 16.5. The molecule has 6 nitrogen and oxygen atoms in total. The Balaban J connectivity index is 1.77. The molecule has 1 heterocycles. The van der Waals surface area contributed by atoms with Gasteiger partial charge in [-0.3, -0.25) is 19.7 Å². The van der Waals surface area contributed by atoms with Gasteiger partial charge in [0.05, 0.1) is 17.7 Å². The van der Waals surface area contributed by atoms with E-state index in [0.717, 1.165) is 6.42 Å². The van der Waals surface area contributed by atoms with Crippen LogP contribution in [-0.4, -0.2) is 24.3 Å². The second kappa shape index (κ2) is 6.54. The third-order valence-corrected chi connectivity index (χ3v) is 3.56. The Morgan fingerprint density at radius 1 is 1.08 bits per heavy atom. The lowest BCUT2D eigenvalue weighted by Gasteiger charge is -2.08. The van der Waals surface area contributed by atoms with Crippen LogP contribution < -0.4 is 15.4 Å². The number of benzene rings is 2. The molecule has 1 aliphatic rings. The highest BCUT2D eigenvalue weighted by Gasteiger charge is 2.26. The maximum absolute atomic E-state index is 12.4. The summed E-state index contributed by atoms with van der Waals surface area (Å²) in [7, 11) is 0. The molecule has 3 amide bonds. The second-order valence-electron chi connectivity index (χ2n) is 5.37. The molecule has 24 heavy (non-hydrogen) atoms. The molecule has 6 heteroatoms. The lowest BCUT2D eigenvalue weighted by Crippen LogP contribution is -2.19. The highest BCUT2D eigenvalue weighted by Crippen LogP contribution is 2.21. The van der Waals surface area contributed by atoms with Gasteiger partial charge in [-0.1, -0.05) is 13.0 Å². The van der Waals surface area contributed by atoms with Gasteiger partial charge >= 0.3 is 0 Å². The van der Waals surface area contributed by atoms with E-state index in [-0.39, 0.29) is 11.5 Å². The van der Waals surface area contributed by atoms with Crippen LogP contribution >= 0.6 is 0 Å². The first-order valence-corrected chi connectivity index (χ1v) is 7.62. The van der Waals surface area contributed by atoms with Crippen LogP contribution in [0.1, 0.15) is 44.4 Å². The van der Waals surface area contributed by atoms with Gasteiger partial charge in [0.2, 0.25) is 0 Å². The van der Waals surface area contributed by atoms with Crippen LogP contribution in [0.25, 0.3) is 0 Å². The van der Waals surface area contributed by atoms with E-state index in [0.29, 0.717) is 29.2 Å². The molecule has 0 saturated carbocycles. The van der Waals surface area contributed by atoms with Crippen LogP contribution in [0.3, 0.4) is 0 Å². The van der Waals surface area contributed by atoms with Crippen LogP contribution in [0, 0.1) is 0 Å². The van der Waals surface area contributed by atoms with Crippen molar-refractivity contribution < 1.29 is 19.1 Å². The van der Waals surface area contributed by atoms with Gasteiger partial charge in [-0.05, 0) is 42.8 Å². The molecule has 2 aromatic carbocycles. The number of carbonyl (C=O) groups is 3. The fraction of sp³-hybridized carbons (Fsp3) is 0.167. The monoisotopic (exact) mass is 324 g/mol. The largest absolute Gasteiger partial charge is 0.494 e. The van der Waals surface area contributed by atoms with Crippen molar-refractivity contribution in [1.29, 1.82) is 0 Å². The summed E-state index contributed by atoms with van der Waals surface area (Å²) in [6, 6.07) is 11.5. The Hall–Kier alpha value is -3.15. The number of nitrogens with one attached hydrogen (secondary N) is 2. The summed E-state index contributed by atoms with van der Waals surface area (Å²) in [5.74, 6) is -0.570. The van der Waals surface area contributed by atoms with Crippen molar-refractivity contribution >= 4 is 23.4 Å². The standard InChI is InChI=1S/C18H16N2O4/c1-2-8-24-13-5-3-4-11(9-13)16(21)19-12-6-7-14-15(10-12)18(23)20-17(14)22/h3-7,9-10H,2,8H2,1H3,(H,19,21)(H,20,22,23). The molecule has 0 saturated heterocycles. The zero-order valence-electron chi connectivity index (χ0n) is 13.1. The second-order valence-corrected chi connectivity index (χ2v) is 5.37. The molecule has 0 bridgehead atoms. The third kappa shape index (κ3) is 3.12. The number of hydrogen-bond donors (Lipinski definition) is 2. The normalized spacial score (nSPS) is 12.5. The van der Waals surface area contributed by atoms with Crippen molar-refractivity contribution in [2.24, 2.45) is 0 Å². The van der Waals surface area contributed by atoms with Gasteiger partial charge in [0.25, 0.3) is 17.7 Å². The smallest absolute Gasteiger partial charge is 0.259 e. The quantitative estimate of drug-likeness (QED) is 0.828. The van der Waals surface area contributed by atoms with Gasteiger partial charge in [-0.2, -0.15) is 0 Å². The maximum atomic E-state index is 12.4. The summed E-state index contributed by atoms with van der Waals surface area (Å²) < 4.78 is 5.51. The van der Waals surface area contributed by atoms with E-state index in [1.807, 2.05) is 6.92 Å². The van der Waals surface area contributed by atoms with E-state index in [1.54, 1.807) is 30.3 Å². The van der Waals surface area contributed by atoms with E-state index < -0.39 is 11.8 Å². The first kappa shape index (κ1) is 15.7. The van der Waals surface area contributed by atoms with E-state index in [9.17, 15) is 14.4 Å². The summed E-state index contributed by atoms with van der Waals surface area (Å²) in [4.78, 5) is 35.5. The Morgan fingerprint density at radius 2 is 1.88 bits per heavy atom. The molecule has 0 radical (unpaired) electrons. The fourth-order valence-electron chi connectivity index (χ4n) is 2.40. The summed E-state index contributed by atoms with van der Waals surface area (Å²) in [5, 5.41) is 4.94. The van der Waals surface area contributed by atoms with E-state index in [1.165, 1.54) is 12.1 Å². The van der Waals surface area contributed by atoms with Crippen molar-refractivity contribution in [1.82, 2.24) is 5.32 Å². The number of rotatable bonds is 5. The molecule has 0 unspecified atom stereocenters. The third-order valence-electron chi connectivity index (χ3n) is 3.56. The molecule has 0 atom stereocenters. The number of amides is 3. The number of hydrogen-bond acceptors (Lipinski definition) is 4. The van der Waals surface area contributed by atoms with Gasteiger partial charge < -0.3 is 10.1 Å². The Labute approximate surface area is 138 Å². The summed E-state index contributed by atoms with van der Waals surface area (Å²) in [6.45, 7) is 2.59. The van der Waals surface area contributed by atoms with Crippen LogP contribution in [0.2, 0.25) is 0 Å². The van der Waals surface area contributed by atoms with E-state index >= 15 is 0 Å². The van der Waals surface area contributed by atoms with Crippen molar-refractivity contribution in [3.8, 4) is 5.75 Å². The molecular weight excluding hydrogens is 308 g/mol. The number of anilines is 1. The SMILES string of the molecule is CCCOc1cccc(C(=O)Nc2ccc3c(c2)C(=O)NC3=O)c1. The zero-order chi connectivity index (χ0) is 17.1. The van der Waals surface area contributed by atoms with Crippen LogP contribution in [-0.2, 0) is 0 Å². The number of imide groups is 1. The molecule has 0 spiro atoms. The highest BCUT2D eigenvalue weighted by molar-refractivity contribution is 6.22. The molecule has 0 fully saturated rings. The van der Waals surface area contributed by atoms with E-state index in [2.05, 4.69) is 10.6 Å². The van der Waals surface area contributed by atoms with E-state index in [4.69, 9.17) is 4.74 Å². The number of fused-ring (bicyclic) bond motifs is 1. The minimum atomic E-state index is -0.457. The zero-order valence-corrected chi connectivity index (χ0v) is 13.1. The minimum Gasteiger partial charge on any atom is -0.494 e. The maximum Gasteiger partial charge on any atom is 0.259 e. The lowest BCUT2D eigenvalue weighted by atomic mass is 10.1. The first-order chi connectivity index (χ1) is 11.6. The van der Waals surface area contributed by atoms with Gasteiger partial charge in [-0.15, -0.1) is 0 Å². The van der Waals surface area contributed by atoms with Gasteiger partial charge in [0.15, 0.2) is 0 Å². The number of carbonyl (C=O) groups excluding carboxylic acids is 3. The molecule has 122 valence electrons. The minimum absolute atomic E-state index is 0.262. The summed E-state index contributed by atoms with van der Waals surface area (Å²) in [5.41, 5.74) is 1.47. The predicted molar refractivity (Wildman–Crippen MR) is 88.4 cm³/mol. The number of ether oxygens (including phenoxy) is 1. The predicted octanol–water partition coefficient (Wildman–Crippen LogP) is 2.61. The Kier molecular flexibility index (Phi) is 4.29. The molecule has 2 N–H and O–H groups in total. The fourth-order valence-corrected chi connectivity index (χ4v) is 2.40. The van der Waals surface area contributed by atoms with Crippen molar-refractivity contribution in [3.63, 3.8) is 0 Å². The van der Waals surface area contributed by atoms with Crippen molar-refractivity contribution in [3.05, 3.63) is 59.2 Å². The van der Waals surface area contributed by atoms with Crippen molar-refractivity contribution in [2.45, 2.75) is 13.3 Å². The molecule has 3 rings (SSSR count). The topological polar surface area (TPSA) is 84.5 Å².